The van der Waals surface area contributed by atoms with Gasteiger partial charge in [-0.1, -0.05) is 18.2 Å². The van der Waals surface area contributed by atoms with Crippen molar-refractivity contribution >= 4 is 54.5 Å². The highest BCUT2D eigenvalue weighted by Gasteiger charge is 2.12. The maximum Gasteiger partial charge on any atom is 0.177 e. The van der Waals surface area contributed by atoms with Gasteiger partial charge in [-0.15, -0.1) is 22.7 Å². The third kappa shape index (κ3) is 2.28. The number of thiophene rings is 2. The van der Waals surface area contributed by atoms with Crippen LogP contribution in [0.15, 0.2) is 45.6 Å². The van der Waals surface area contributed by atoms with Crippen LogP contribution in [0.3, 0.4) is 0 Å². The van der Waals surface area contributed by atoms with Crippen LogP contribution in [0.25, 0.3) is 10.1 Å². The third-order valence-corrected chi connectivity index (χ3v) is 5.44. The number of fused-ring (bicyclic) bond motifs is 1. The summed E-state index contributed by atoms with van der Waals surface area (Å²) in [7, 11) is 0. The molecule has 0 saturated heterocycles. The van der Waals surface area contributed by atoms with Crippen molar-refractivity contribution in [1.29, 1.82) is 0 Å². The molecule has 1 nitrogen and oxygen atoms in total. The lowest BCUT2D eigenvalue weighted by molar-refractivity contribution is 0.0997. The summed E-state index contributed by atoms with van der Waals surface area (Å²) in [5.41, 5.74) is 1.13. The smallest absolute Gasteiger partial charge is 0.177 e. The van der Waals surface area contributed by atoms with E-state index >= 15 is 0 Å². The molecule has 0 aliphatic heterocycles. The van der Waals surface area contributed by atoms with Crippen molar-refractivity contribution in [3.8, 4) is 0 Å². The normalized spacial score (nSPS) is 10.9. The van der Waals surface area contributed by atoms with Gasteiger partial charge in [-0.05, 0) is 50.5 Å². The van der Waals surface area contributed by atoms with E-state index in [2.05, 4.69) is 33.4 Å². The van der Waals surface area contributed by atoms with Crippen molar-refractivity contribution in [2.45, 2.75) is 6.42 Å². The summed E-state index contributed by atoms with van der Waals surface area (Å²) in [5, 5.41) is 3.29. The molecule has 3 aromatic rings. The largest absolute Gasteiger partial charge is 0.293 e. The predicted octanol–water partition coefficient (Wildman–Crippen LogP) is 5.15. The minimum Gasteiger partial charge on any atom is -0.293 e. The Labute approximate surface area is 121 Å². The van der Waals surface area contributed by atoms with Crippen molar-refractivity contribution in [2.75, 3.05) is 0 Å². The van der Waals surface area contributed by atoms with Crippen molar-refractivity contribution in [2.24, 2.45) is 0 Å². The van der Waals surface area contributed by atoms with Gasteiger partial charge in [-0.25, -0.2) is 0 Å². The standard InChI is InChI=1S/C14H9BrOS2/c15-14-6-5-13(18-14)11(16)7-9-8-17-12-4-2-1-3-10(9)12/h1-6,8H,7H2. The van der Waals surface area contributed by atoms with Gasteiger partial charge < -0.3 is 0 Å². The van der Waals surface area contributed by atoms with Gasteiger partial charge >= 0.3 is 0 Å². The van der Waals surface area contributed by atoms with Crippen LogP contribution >= 0.6 is 38.6 Å². The highest BCUT2D eigenvalue weighted by Crippen LogP contribution is 2.28. The summed E-state index contributed by atoms with van der Waals surface area (Å²) in [5.74, 6) is 0.189. The zero-order valence-electron chi connectivity index (χ0n) is 9.35. The Morgan fingerprint density at radius 1 is 1.17 bits per heavy atom. The molecule has 0 spiro atoms. The SMILES string of the molecule is O=C(Cc1csc2ccccc12)c1ccc(Br)s1. The van der Waals surface area contributed by atoms with Gasteiger partial charge in [0.05, 0.1) is 8.66 Å². The Morgan fingerprint density at radius 3 is 2.78 bits per heavy atom. The second kappa shape index (κ2) is 4.96. The van der Waals surface area contributed by atoms with Crippen LogP contribution in [0.2, 0.25) is 0 Å². The Kier molecular flexibility index (Phi) is 3.33. The molecule has 0 radical (unpaired) electrons. The molecule has 90 valence electrons. The summed E-state index contributed by atoms with van der Waals surface area (Å²) in [4.78, 5) is 13.0. The fourth-order valence-corrected chi connectivity index (χ4v) is 4.18. The lowest BCUT2D eigenvalue weighted by Crippen LogP contribution is -2.00. The van der Waals surface area contributed by atoms with Crippen molar-refractivity contribution in [3.63, 3.8) is 0 Å². The van der Waals surface area contributed by atoms with Gasteiger partial charge in [0.15, 0.2) is 5.78 Å². The molecule has 0 amide bonds. The molecule has 18 heavy (non-hydrogen) atoms. The zero-order chi connectivity index (χ0) is 12.5. The lowest BCUT2D eigenvalue weighted by Gasteiger charge is -1.97. The summed E-state index contributed by atoms with van der Waals surface area (Å²) in [6.45, 7) is 0. The highest BCUT2D eigenvalue weighted by atomic mass is 79.9. The van der Waals surface area contributed by atoms with E-state index in [1.165, 1.54) is 21.4 Å². The van der Waals surface area contributed by atoms with Crippen LogP contribution in [-0.2, 0) is 6.42 Å². The third-order valence-electron chi connectivity index (χ3n) is 2.76. The van der Waals surface area contributed by atoms with Gasteiger partial charge in [0.2, 0.25) is 0 Å². The summed E-state index contributed by atoms with van der Waals surface area (Å²) >= 11 is 6.58. The molecular formula is C14H9BrOS2. The number of hydrogen-bond acceptors (Lipinski definition) is 3. The van der Waals surface area contributed by atoms with Crippen LogP contribution in [0.1, 0.15) is 15.2 Å². The van der Waals surface area contributed by atoms with E-state index < -0.39 is 0 Å². The molecule has 0 atom stereocenters. The highest BCUT2D eigenvalue weighted by molar-refractivity contribution is 9.11. The molecule has 0 bridgehead atoms. The summed E-state index contributed by atoms with van der Waals surface area (Å²) in [6, 6.07) is 12.0. The molecule has 4 heteroatoms. The molecule has 0 saturated carbocycles. The second-order valence-electron chi connectivity index (χ2n) is 3.96. The molecule has 0 N–H and O–H groups in total. The number of halogens is 1. The molecule has 3 rings (SSSR count). The van der Waals surface area contributed by atoms with Gasteiger partial charge in [0.1, 0.15) is 0 Å². The number of hydrogen-bond donors (Lipinski definition) is 0. The number of Topliss-reactive ketones (excluding diaryl/α,β-unsaturated/α-hetero) is 1. The first-order chi connectivity index (χ1) is 8.74. The average molecular weight is 337 g/mol. The van der Waals surface area contributed by atoms with Crippen LogP contribution in [0, 0.1) is 0 Å². The van der Waals surface area contributed by atoms with Crippen molar-refractivity contribution in [3.05, 3.63) is 56.0 Å². The van der Waals surface area contributed by atoms with E-state index in [4.69, 9.17) is 0 Å². The fourth-order valence-electron chi connectivity index (χ4n) is 1.89. The van der Waals surface area contributed by atoms with Crippen molar-refractivity contribution < 1.29 is 4.79 Å². The van der Waals surface area contributed by atoms with E-state index in [-0.39, 0.29) is 5.78 Å². The maximum atomic E-state index is 12.2. The molecule has 0 fully saturated rings. The van der Waals surface area contributed by atoms with Gasteiger partial charge in [-0.2, -0.15) is 0 Å². The second-order valence-corrected chi connectivity index (χ2v) is 7.34. The topological polar surface area (TPSA) is 17.1 Å². The summed E-state index contributed by atoms with van der Waals surface area (Å²) in [6.07, 6.45) is 0.483. The zero-order valence-corrected chi connectivity index (χ0v) is 12.6. The van der Waals surface area contributed by atoms with Crippen LogP contribution in [0.5, 0.6) is 0 Å². The Morgan fingerprint density at radius 2 is 2.00 bits per heavy atom. The quantitative estimate of drug-likeness (QED) is 0.604. The Bertz CT molecular complexity index is 711. The van der Waals surface area contributed by atoms with E-state index in [0.717, 1.165) is 14.2 Å². The Balaban J connectivity index is 1.90. The van der Waals surface area contributed by atoms with E-state index in [1.54, 1.807) is 11.3 Å². The van der Waals surface area contributed by atoms with Crippen LogP contribution in [-0.4, -0.2) is 5.78 Å². The van der Waals surface area contributed by atoms with E-state index in [1.807, 2.05) is 24.3 Å². The predicted molar refractivity (Wildman–Crippen MR) is 81.9 cm³/mol. The number of rotatable bonds is 3. The van der Waals surface area contributed by atoms with Gasteiger partial charge in [0, 0.05) is 11.1 Å². The van der Waals surface area contributed by atoms with Crippen LogP contribution in [0.4, 0.5) is 0 Å². The lowest BCUT2D eigenvalue weighted by atomic mass is 10.1. The number of carbonyl (C=O) groups is 1. The average Bonchev–Trinajstić information content (AvgIpc) is 2.97. The van der Waals surface area contributed by atoms with Crippen molar-refractivity contribution in [1.82, 2.24) is 0 Å². The van der Waals surface area contributed by atoms with Gasteiger partial charge in [0.25, 0.3) is 0 Å². The molecular weight excluding hydrogens is 328 g/mol. The minimum atomic E-state index is 0.189. The first-order valence-corrected chi connectivity index (χ1v) is 7.96. The first kappa shape index (κ1) is 12.1. The maximum absolute atomic E-state index is 12.2. The molecule has 0 aliphatic rings. The minimum absolute atomic E-state index is 0.189. The molecule has 2 aromatic heterocycles. The number of carbonyl (C=O) groups excluding carboxylic acids is 1. The summed E-state index contributed by atoms with van der Waals surface area (Å²) < 4.78 is 2.24. The van der Waals surface area contributed by atoms with E-state index in [0.29, 0.717) is 6.42 Å². The molecule has 1 aromatic carbocycles. The Hall–Kier alpha value is -0.970. The monoisotopic (exact) mass is 336 g/mol. The molecule has 0 aliphatic carbocycles. The number of benzene rings is 1. The molecule has 2 heterocycles. The molecule has 0 unspecified atom stereocenters. The van der Waals surface area contributed by atoms with E-state index in [9.17, 15) is 4.79 Å². The fraction of sp³-hybridized carbons (Fsp3) is 0.0714. The van der Waals surface area contributed by atoms with Gasteiger partial charge in [-0.3, -0.25) is 4.79 Å². The first-order valence-electron chi connectivity index (χ1n) is 5.47. The van der Waals surface area contributed by atoms with Crippen LogP contribution < -0.4 is 0 Å². The number of ketones is 1.